The highest BCUT2D eigenvalue weighted by Crippen LogP contribution is 2.61. The van der Waals surface area contributed by atoms with Crippen LogP contribution in [-0.2, 0) is 19.1 Å². The monoisotopic (exact) mass is 580 g/mol. The Balaban J connectivity index is 1.89. The van der Waals surface area contributed by atoms with Crippen LogP contribution < -0.4 is 28.4 Å². The second kappa shape index (κ2) is 11.5. The number of hydrogen-bond donors (Lipinski definition) is 0. The number of methoxy groups -OCH3 is 2. The average Bonchev–Trinajstić information content (AvgIpc) is 3.68. The first-order valence-electron chi connectivity index (χ1n) is 13.9. The van der Waals surface area contributed by atoms with Crippen LogP contribution in [0.25, 0.3) is 11.1 Å². The average molecular weight is 581 g/mol. The van der Waals surface area contributed by atoms with Crippen LogP contribution in [0.4, 0.5) is 0 Å². The van der Waals surface area contributed by atoms with Crippen molar-refractivity contribution < 1.29 is 47.5 Å². The summed E-state index contributed by atoms with van der Waals surface area (Å²) in [6.45, 7) is 10.9. The number of rotatable bonds is 6. The fourth-order valence-electron chi connectivity index (χ4n) is 5.53. The lowest BCUT2D eigenvalue weighted by molar-refractivity contribution is -0.156. The van der Waals surface area contributed by atoms with E-state index >= 15 is 0 Å². The van der Waals surface area contributed by atoms with Crippen LogP contribution >= 0.6 is 0 Å². The molecule has 2 aromatic carbocycles. The fourth-order valence-corrected chi connectivity index (χ4v) is 5.53. The van der Waals surface area contributed by atoms with Gasteiger partial charge in [0.1, 0.15) is 12.2 Å². The molecule has 0 fully saturated rings. The first-order valence-corrected chi connectivity index (χ1v) is 13.9. The largest absolute Gasteiger partial charge is 0.492 e. The minimum absolute atomic E-state index is 0.00330. The van der Waals surface area contributed by atoms with Gasteiger partial charge in [0.05, 0.1) is 14.2 Å². The van der Waals surface area contributed by atoms with Crippen molar-refractivity contribution in [2.45, 2.75) is 53.8 Å². The molecule has 224 valence electrons. The molecule has 0 saturated carbocycles. The molecular weight excluding hydrogens is 544 g/mol. The molecule has 2 aromatic rings. The Morgan fingerprint density at radius 1 is 0.714 bits per heavy atom. The van der Waals surface area contributed by atoms with E-state index in [0.717, 1.165) is 0 Å². The molecule has 0 unspecified atom stereocenters. The summed E-state index contributed by atoms with van der Waals surface area (Å²) in [6, 6.07) is 3.63. The van der Waals surface area contributed by atoms with Gasteiger partial charge in [0.2, 0.25) is 25.1 Å². The summed E-state index contributed by atoms with van der Waals surface area (Å²) in [7, 11) is 3.05. The summed E-state index contributed by atoms with van der Waals surface area (Å²) in [5.74, 6) is 0.795. The second-order valence-corrected chi connectivity index (χ2v) is 10.5. The van der Waals surface area contributed by atoms with E-state index < -0.39 is 24.1 Å². The summed E-state index contributed by atoms with van der Waals surface area (Å²) in [5.41, 5.74) is 3.26. The van der Waals surface area contributed by atoms with E-state index in [1.165, 1.54) is 14.2 Å². The van der Waals surface area contributed by atoms with E-state index in [1.807, 2.05) is 26.0 Å². The van der Waals surface area contributed by atoms with Crippen LogP contribution in [0.15, 0.2) is 35.4 Å². The number of esters is 2. The molecule has 4 atom stereocenters. The quantitative estimate of drug-likeness (QED) is 0.289. The van der Waals surface area contributed by atoms with Gasteiger partial charge in [0.15, 0.2) is 23.0 Å². The number of allylic oxidation sites excluding steroid dienone is 2. The van der Waals surface area contributed by atoms with Gasteiger partial charge in [-0.1, -0.05) is 26.0 Å². The van der Waals surface area contributed by atoms with Crippen LogP contribution in [0.1, 0.15) is 64.9 Å². The maximum Gasteiger partial charge on any atom is 0.333 e. The van der Waals surface area contributed by atoms with E-state index in [0.29, 0.717) is 67.9 Å². The first kappa shape index (κ1) is 29.2. The molecule has 0 aromatic heterocycles. The van der Waals surface area contributed by atoms with Gasteiger partial charge in [-0.2, -0.15) is 0 Å². The lowest BCUT2D eigenvalue weighted by Crippen LogP contribution is -2.31. The van der Waals surface area contributed by atoms with Gasteiger partial charge in [-0.05, 0) is 39.8 Å². The molecule has 42 heavy (non-hydrogen) atoms. The minimum atomic E-state index is -0.798. The van der Waals surface area contributed by atoms with Gasteiger partial charge in [0, 0.05) is 45.2 Å². The summed E-state index contributed by atoms with van der Waals surface area (Å²) in [6.07, 6.45) is 1.80. The Hall–Kier alpha value is -4.34. The maximum absolute atomic E-state index is 13.3. The van der Waals surface area contributed by atoms with E-state index in [9.17, 15) is 9.59 Å². The zero-order valence-corrected chi connectivity index (χ0v) is 25.1. The molecule has 0 saturated heterocycles. The Morgan fingerprint density at radius 3 is 1.43 bits per heavy atom. The molecule has 5 rings (SSSR count). The molecule has 0 bridgehead atoms. The molecule has 2 aliphatic heterocycles. The van der Waals surface area contributed by atoms with Crippen LogP contribution in [0.5, 0.6) is 34.5 Å². The Morgan fingerprint density at radius 2 is 1.10 bits per heavy atom. The lowest BCUT2D eigenvalue weighted by Gasteiger charge is -2.38. The number of carbonyl (C=O) groups is 2. The SMILES string of the molecule is C/C=C(/C)C(=O)O[C@@H]1c2cc3c(c(OC)c2-c2c(cc4c(c2OC)OCO4)[C@H](OC(=O)/C(C)=C\C)[C@H](C)[C@@H]1C)OCO3. The van der Waals surface area contributed by atoms with E-state index in [-0.39, 0.29) is 25.4 Å². The standard InChI is InChI=1S/C32H36O10/c1-9-15(3)31(33)41-25-17(5)18(6)26(42-32(34)16(4)10-2)20-12-22-28(40-14-38-22)30(36-8)24(20)23-19(25)11-21-27(29(23)35-7)39-13-37-21/h9-12,17-18,25-26H,13-14H2,1-8H3/b15-9-,16-10-/t17-,18+,25-,26+. The van der Waals surface area contributed by atoms with Crippen molar-refractivity contribution in [1.29, 1.82) is 0 Å². The number of carbonyl (C=O) groups excluding carboxylic acids is 2. The Kier molecular flexibility index (Phi) is 7.99. The first-order chi connectivity index (χ1) is 20.2. The summed E-state index contributed by atoms with van der Waals surface area (Å²) in [5, 5.41) is 0. The highest BCUT2D eigenvalue weighted by atomic mass is 16.7. The zero-order valence-electron chi connectivity index (χ0n) is 25.1. The molecular formula is C32H36O10. The van der Waals surface area contributed by atoms with Gasteiger partial charge < -0.3 is 37.9 Å². The third-order valence-corrected chi connectivity index (χ3v) is 8.33. The van der Waals surface area contributed by atoms with Crippen molar-refractivity contribution in [3.63, 3.8) is 0 Å². The third kappa shape index (κ3) is 4.68. The molecule has 0 spiro atoms. The Labute approximate surface area is 245 Å². The van der Waals surface area contributed by atoms with Crippen LogP contribution in [0.3, 0.4) is 0 Å². The van der Waals surface area contributed by atoms with Crippen LogP contribution in [0, 0.1) is 11.8 Å². The molecule has 0 amide bonds. The summed E-state index contributed by atoms with van der Waals surface area (Å²) in [4.78, 5) is 26.5. The van der Waals surface area contributed by atoms with Crippen molar-refractivity contribution in [3.05, 3.63) is 46.6 Å². The van der Waals surface area contributed by atoms with Gasteiger partial charge in [-0.25, -0.2) is 9.59 Å². The topological polar surface area (TPSA) is 108 Å². The third-order valence-electron chi connectivity index (χ3n) is 8.33. The second-order valence-electron chi connectivity index (χ2n) is 10.5. The smallest absolute Gasteiger partial charge is 0.333 e. The predicted octanol–water partition coefficient (Wildman–Crippen LogP) is 6.22. The zero-order chi connectivity index (χ0) is 30.3. The summed E-state index contributed by atoms with van der Waals surface area (Å²) >= 11 is 0. The molecule has 2 heterocycles. The van der Waals surface area contributed by atoms with Crippen molar-refractivity contribution in [3.8, 4) is 45.6 Å². The summed E-state index contributed by atoms with van der Waals surface area (Å²) < 4.78 is 47.7. The molecule has 0 radical (unpaired) electrons. The van der Waals surface area contributed by atoms with E-state index in [2.05, 4.69) is 0 Å². The lowest BCUT2D eigenvalue weighted by atomic mass is 9.74. The molecule has 10 heteroatoms. The number of hydrogen-bond acceptors (Lipinski definition) is 10. The highest BCUT2D eigenvalue weighted by Gasteiger charge is 2.45. The van der Waals surface area contributed by atoms with Gasteiger partial charge in [0.25, 0.3) is 0 Å². The molecule has 1 aliphatic carbocycles. The molecule has 3 aliphatic rings. The predicted molar refractivity (Wildman–Crippen MR) is 152 cm³/mol. The number of fused-ring (bicyclic) bond motifs is 5. The minimum Gasteiger partial charge on any atom is -0.492 e. The van der Waals surface area contributed by atoms with E-state index in [1.54, 1.807) is 39.8 Å². The van der Waals surface area contributed by atoms with Gasteiger partial charge in [-0.15, -0.1) is 0 Å². The Bertz CT molecular complexity index is 1380. The number of ether oxygens (including phenoxy) is 8. The van der Waals surface area contributed by atoms with Crippen molar-refractivity contribution in [2.24, 2.45) is 11.8 Å². The van der Waals surface area contributed by atoms with Crippen molar-refractivity contribution in [2.75, 3.05) is 27.8 Å². The van der Waals surface area contributed by atoms with Crippen molar-refractivity contribution in [1.82, 2.24) is 0 Å². The van der Waals surface area contributed by atoms with Gasteiger partial charge >= 0.3 is 11.9 Å². The van der Waals surface area contributed by atoms with Gasteiger partial charge in [-0.3, -0.25) is 0 Å². The highest BCUT2D eigenvalue weighted by molar-refractivity contribution is 5.92. The maximum atomic E-state index is 13.3. The van der Waals surface area contributed by atoms with Crippen LogP contribution in [-0.4, -0.2) is 39.7 Å². The fraction of sp³-hybridized carbons (Fsp3) is 0.438. The molecule has 0 N–H and O–H groups in total. The van der Waals surface area contributed by atoms with Crippen LogP contribution in [0.2, 0.25) is 0 Å². The van der Waals surface area contributed by atoms with E-state index in [4.69, 9.17) is 37.9 Å². The normalized spacial score (nSPS) is 22.4. The van der Waals surface area contributed by atoms with Crippen molar-refractivity contribution >= 4 is 11.9 Å². The number of benzene rings is 2. The molecule has 10 nitrogen and oxygen atoms in total.